The predicted octanol–water partition coefficient (Wildman–Crippen LogP) is 4.89. The fourth-order valence-corrected chi connectivity index (χ4v) is 3.76. The maximum absolute atomic E-state index is 2.32. The number of rotatable bonds is 4. The molecule has 1 aliphatic rings. The minimum absolute atomic E-state index is 0.369. The second kappa shape index (κ2) is 6.97. The van der Waals surface area contributed by atoms with E-state index >= 15 is 0 Å². The summed E-state index contributed by atoms with van der Waals surface area (Å²) < 4.78 is 0. The van der Waals surface area contributed by atoms with Crippen molar-refractivity contribution in [1.82, 2.24) is 0 Å². The maximum Gasteiger partial charge on any atom is 0.0982 e. The zero-order valence-corrected chi connectivity index (χ0v) is 14.6. The molecule has 23 heavy (non-hydrogen) atoms. The first-order chi connectivity index (χ1) is 11.1. The van der Waals surface area contributed by atoms with Crippen molar-refractivity contribution < 1.29 is 0 Å². The number of para-hydroxylation sites is 1. The average molecular weight is 322 g/mol. The summed E-state index contributed by atoms with van der Waals surface area (Å²) in [5, 5.41) is 0.369. The van der Waals surface area contributed by atoms with E-state index in [-0.39, 0.29) is 0 Å². The van der Waals surface area contributed by atoms with E-state index in [1.54, 1.807) is 0 Å². The Kier molecular flexibility index (Phi) is 4.77. The zero-order valence-electron chi connectivity index (χ0n) is 13.8. The van der Waals surface area contributed by atoms with Gasteiger partial charge < -0.3 is 9.80 Å². The summed E-state index contributed by atoms with van der Waals surface area (Å²) in [5.41, 5.74) is 3.76. The summed E-state index contributed by atoms with van der Waals surface area (Å²) in [6, 6.07) is 17.1. The second-order valence-electron chi connectivity index (χ2n) is 5.82. The lowest BCUT2D eigenvalue weighted by Gasteiger charge is -2.17. The van der Waals surface area contributed by atoms with Crippen molar-refractivity contribution in [1.29, 1.82) is 0 Å². The highest BCUT2D eigenvalue weighted by atomic mass is 32.2. The summed E-state index contributed by atoms with van der Waals surface area (Å²) in [4.78, 5) is 5.78. The third-order valence-electron chi connectivity index (χ3n) is 3.96. The largest absolute Gasteiger partial charge is 0.378 e. The van der Waals surface area contributed by atoms with Crippen LogP contribution in [-0.2, 0) is 0 Å². The molecule has 0 fully saturated rings. The van der Waals surface area contributed by atoms with Gasteiger partial charge in [-0.3, -0.25) is 0 Å². The fraction of sp³-hybridized carbons (Fsp3) is 0.200. The predicted molar refractivity (Wildman–Crippen MR) is 103 cm³/mol. The summed E-state index contributed by atoms with van der Waals surface area (Å²) >= 11 is 1.90. The molecule has 0 saturated heterocycles. The van der Waals surface area contributed by atoms with Crippen molar-refractivity contribution in [3.63, 3.8) is 0 Å². The third-order valence-corrected chi connectivity index (χ3v) is 5.27. The van der Waals surface area contributed by atoms with E-state index in [1.807, 2.05) is 11.8 Å². The Balaban J connectivity index is 1.61. The van der Waals surface area contributed by atoms with Crippen molar-refractivity contribution in [2.45, 2.75) is 10.3 Å². The number of anilines is 2. The molecule has 1 unspecified atom stereocenters. The number of fused-ring (bicyclic) bond motifs is 1. The van der Waals surface area contributed by atoms with Gasteiger partial charge in [-0.2, -0.15) is 0 Å². The molecule has 2 nitrogen and oxygen atoms in total. The lowest BCUT2D eigenvalue weighted by atomic mass is 10.2. The van der Waals surface area contributed by atoms with Gasteiger partial charge in [0, 0.05) is 31.7 Å². The van der Waals surface area contributed by atoms with Crippen molar-refractivity contribution in [3.05, 3.63) is 72.3 Å². The van der Waals surface area contributed by atoms with Crippen molar-refractivity contribution >= 4 is 29.2 Å². The van der Waals surface area contributed by atoms with Gasteiger partial charge in [-0.1, -0.05) is 60.3 Å². The molecule has 0 radical (unpaired) electrons. The molecule has 0 aromatic heterocycles. The molecular weight excluding hydrogens is 300 g/mol. The van der Waals surface area contributed by atoms with Gasteiger partial charge in [0.25, 0.3) is 0 Å². The van der Waals surface area contributed by atoms with Gasteiger partial charge in [0.05, 0.1) is 11.1 Å². The normalized spacial score (nSPS) is 17.2. The number of hydrogen-bond acceptors (Lipinski definition) is 3. The van der Waals surface area contributed by atoms with E-state index in [1.165, 1.54) is 21.8 Å². The van der Waals surface area contributed by atoms with Crippen LogP contribution in [0.2, 0.25) is 0 Å². The van der Waals surface area contributed by atoms with E-state index < -0.39 is 0 Å². The fourth-order valence-electron chi connectivity index (χ4n) is 2.57. The number of allylic oxidation sites excluding steroid dienone is 2. The van der Waals surface area contributed by atoms with E-state index in [4.69, 9.17) is 0 Å². The quantitative estimate of drug-likeness (QED) is 0.740. The first kappa shape index (κ1) is 15.8. The summed E-state index contributed by atoms with van der Waals surface area (Å²) in [6.45, 7) is 0. The van der Waals surface area contributed by atoms with Crippen LogP contribution in [0.25, 0.3) is 6.08 Å². The molecule has 3 heteroatoms. The van der Waals surface area contributed by atoms with Crippen LogP contribution in [0.3, 0.4) is 0 Å². The van der Waals surface area contributed by atoms with Crippen LogP contribution >= 0.6 is 11.8 Å². The van der Waals surface area contributed by atoms with Gasteiger partial charge in [-0.25, -0.2) is 0 Å². The molecule has 0 saturated carbocycles. The smallest absolute Gasteiger partial charge is 0.0982 e. The highest BCUT2D eigenvalue weighted by Gasteiger charge is 2.24. The number of likely N-dealkylation sites (N-methyl/N-ethyl adjacent to an activating group) is 1. The number of hydrogen-bond donors (Lipinski definition) is 0. The van der Waals surface area contributed by atoms with Crippen molar-refractivity contribution in [3.8, 4) is 0 Å². The molecule has 2 aromatic carbocycles. The van der Waals surface area contributed by atoms with E-state index in [9.17, 15) is 0 Å². The highest BCUT2D eigenvalue weighted by Crippen LogP contribution is 2.42. The van der Waals surface area contributed by atoms with Gasteiger partial charge in [-0.05, 0) is 29.8 Å². The molecule has 0 N–H and O–H groups in total. The molecule has 0 amide bonds. The molecule has 1 aliphatic heterocycles. The van der Waals surface area contributed by atoms with Gasteiger partial charge in [-0.15, -0.1) is 0 Å². The maximum atomic E-state index is 2.32. The lowest BCUT2D eigenvalue weighted by Crippen LogP contribution is -2.21. The highest BCUT2D eigenvalue weighted by molar-refractivity contribution is 8.00. The van der Waals surface area contributed by atoms with Gasteiger partial charge >= 0.3 is 0 Å². The van der Waals surface area contributed by atoms with Crippen LogP contribution in [0.1, 0.15) is 5.56 Å². The van der Waals surface area contributed by atoms with Crippen molar-refractivity contribution in [2.75, 3.05) is 30.9 Å². The Morgan fingerprint density at radius 1 is 1.00 bits per heavy atom. The standard InChI is InChI=1S/C20H22N2S/c1-21(2)17-14-12-16(13-15-17)8-4-7-11-20-22(3)18-9-5-6-10-19(18)23-20/h4-15,20H,1-3H3/b8-4+,11-7+. The van der Waals surface area contributed by atoms with Gasteiger partial charge in [0.15, 0.2) is 0 Å². The van der Waals surface area contributed by atoms with E-state index in [2.05, 4.69) is 104 Å². The number of benzene rings is 2. The SMILES string of the molecule is CN(C)c1ccc(/C=C/C=C/C2Sc3ccccc3N2C)cc1. The molecule has 0 spiro atoms. The Hall–Kier alpha value is -2.13. The lowest BCUT2D eigenvalue weighted by molar-refractivity contribution is 0.990. The van der Waals surface area contributed by atoms with Crippen LogP contribution < -0.4 is 9.80 Å². The first-order valence-electron chi connectivity index (χ1n) is 7.76. The Morgan fingerprint density at radius 3 is 2.43 bits per heavy atom. The van der Waals surface area contributed by atoms with Crippen LogP contribution in [0.15, 0.2) is 71.7 Å². The minimum Gasteiger partial charge on any atom is -0.378 e. The Morgan fingerprint density at radius 2 is 1.74 bits per heavy atom. The Labute approximate surface area is 143 Å². The van der Waals surface area contributed by atoms with Crippen LogP contribution in [0.5, 0.6) is 0 Å². The summed E-state index contributed by atoms with van der Waals surface area (Å²) in [5.74, 6) is 0. The van der Waals surface area contributed by atoms with Crippen LogP contribution in [0.4, 0.5) is 11.4 Å². The second-order valence-corrected chi connectivity index (χ2v) is 6.98. The number of thioether (sulfide) groups is 1. The summed E-state index contributed by atoms with van der Waals surface area (Å²) in [6.07, 6.45) is 8.64. The molecule has 2 aromatic rings. The zero-order chi connectivity index (χ0) is 16.2. The van der Waals surface area contributed by atoms with Crippen LogP contribution in [0, 0.1) is 0 Å². The number of nitrogens with zero attached hydrogens (tertiary/aromatic N) is 2. The molecular formula is C20H22N2S. The minimum atomic E-state index is 0.369. The molecule has 0 aliphatic carbocycles. The first-order valence-corrected chi connectivity index (χ1v) is 8.64. The van der Waals surface area contributed by atoms with Crippen molar-refractivity contribution in [2.24, 2.45) is 0 Å². The van der Waals surface area contributed by atoms with Gasteiger partial charge in [0.2, 0.25) is 0 Å². The molecule has 1 heterocycles. The average Bonchev–Trinajstić information content (AvgIpc) is 2.89. The molecule has 3 rings (SSSR count). The van der Waals surface area contributed by atoms with Crippen LogP contribution in [-0.4, -0.2) is 26.5 Å². The van der Waals surface area contributed by atoms with E-state index in [0.717, 1.165) is 0 Å². The summed E-state index contributed by atoms with van der Waals surface area (Å²) in [7, 11) is 6.26. The molecule has 1 atom stereocenters. The topological polar surface area (TPSA) is 6.48 Å². The monoisotopic (exact) mass is 322 g/mol. The van der Waals surface area contributed by atoms with E-state index in [0.29, 0.717) is 5.37 Å². The molecule has 0 bridgehead atoms. The third kappa shape index (κ3) is 3.62. The van der Waals surface area contributed by atoms with Gasteiger partial charge in [0.1, 0.15) is 0 Å². The molecule has 118 valence electrons. The Bertz CT molecular complexity index is 717.